The summed E-state index contributed by atoms with van der Waals surface area (Å²) in [6, 6.07) is 8.57. The fourth-order valence-electron chi connectivity index (χ4n) is 1.14. The maximum Gasteiger partial charge on any atom is 0.0402 e. The Morgan fingerprint density at radius 2 is 1.05 bits per heavy atom. The first-order valence-corrected chi connectivity index (χ1v) is 6.85. The van der Waals surface area contributed by atoms with Crippen LogP contribution >= 0.6 is 0 Å². The molecule has 1 rings (SSSR count). The van der Waals surface area contributed by atoms with Gasteiger partial charge in [-0.3, -0.25) is 0 Å². The predicted molar refractivity (Wildman–Crippen MR) is 83.5 cm³/mol. The summed E-state index contributed by atoms with van der Waals surface area (Å²) in [4.78, 5) is 0. The van der Waals surface area contributed by atoms with Crippen LogP contribution in [-0.4, -0.2) is 35.1 Å². The van der Waals surface area contributed by atoms with Crippen LogP contribution in [0.25, 0.3) is 0 Å². The molecular weight excluding hydrogens is 419 g/mol. The summed E-state index contributed by atoms with van der Waals surface area (Å²) in [5, 5.41) is 22.7. The number of hydrogen-bond donors (Lipinski definition) is 3. The van der Waals surface area contributed by atoms with Gasteiger partial charge in [-0.25, -0.2) is 12.1 Å². The minimum Gasteiger partial charge on any atom is -0.397 e. The number of aliphatic hydroxyl groups excluding tert-OH is 3. The topological polar surface area (TPSA) is 60.7 Å². The maximum atomic E-state index is 7.57. The summed E-state index contributed by atoms with van der Waals surface area (Å²) in [6.07, 6.45) is 1.18. The Morgan fingerprint density at radius 3 is 1.25 bits per heavy atom. The minimum absolute atomic E-state index is 0. The molecule has 0 fully saturated rings. The van der Waals surface area contributed by atoms with Crippen LogP contribution in [0.4, 0.5) is 0 Å². The molecule has 0 bridgehead atoms. The molecule has 1 aromatic rings. The van der Waals surface area contributed by atoms with Crippen LogP contribution in [0.2, 0.25) is 0 Å². The van der Waals surface area contributed by atoms with Gasteiger partial charge in [0.15, 0.2) is 0 Å². The average molecular weight is 452 g/mol. The second-order valence-corrected chi connectivity index (χ2v) is 4.98. The number of rotatable bonds is 1. The van der Waals surface area contributed by atoms with Crippen LogP contribution in [0, 0.1) is 5.41 Å². The van der Waals surface area contributed by atoms with Crippen LogP contribution in [-0.2, 0) is 32.3 Å². The summed E-state index contributed by atoms with van der Waals surface area (Å²) in [5.41, 5.74) is 1.88. The molecule has 0 aromatic heterocycles. The van der Waals surface area contributed by atoms with Crippen LogP contribution < -0.4 is 0 Å². The van der Waals surface area contributed by atoms with E-state index in [1.165, 1.54) is 12.0 Å². The zero-order valence-electron chi connectivity index (χ0n) is 14.0. The Bertz CT molecular complexity index is 224. The van der Waals surface area contributed by atoms with E-state index in [0.29, 0.717) is 5.41 Å². The zero-order chi connectivity index (χ0) is 15.7. The first-order chi connectivity index (χ1) is 8.82. The van der Waals surface area contributed by atoms with Crippen molar-refractivity contribution in [3.8, 4) is 0 Å². The summed E-state index contributed by atoms with van der Waals surface area (Å²) in [7, 11) is 0. The van der Waals surface area contributed by atoms with Crippen molar-refractivity contribution in [3.63, 3.8) is 0 Å². The summed E-state index contributed by atoms with van der Waals surface area (Å²) >= 11 is 0. The van der Waals surface area contributed by atoms with Gasteiger partial charge in [0, 0.05) is 45.7 Å². The minimum atomic E-state index is 0. The predicted octanol–water partition coefficient (Wildman–Crippen LogP) is 2.99. The number of hydrogen-bond acceptors (Lipinski definition) is 3. The van der Waals surface area contributed by atoms with E-state index in [9.17, 15) is 0 Å². The Morgan fingerprint density at radius 1 is 0.800 bits per heavy atom. The van der Waals surface area contributed by atoms with Gasteiger partial charge in [-0.05, 0) is 26.2 Å². The zero-order valence-corrected chi connectivity index (χ0v) is 17.6. The second-order valence-electron chi connectivity index (χ2n) is 4.98. The molecule has 3 nitrogen and oxygen atoms in total. The SMILES string of the molecule is CC(C)(C)C[c-]1cccc1.CCO.CCO.CCO.[Hf]. The van der Waals surface area contributed by atoms with E-state index in [4.69, 9.17) is 15.3 Å². The van der Waals surface area contributed by atoms with E-state index in [2.05, 4.69) is 45.0 Å². The smallest absolute Gasteiger partial charge is 0.0402 e. The summed E-state index contributed by atoms with van der Waals surface area (Å²) in [6.45, 7) is 12.6. The van der Waals surface area contributed by atoms with Crippen molar-refractivity contribution in [1.29, 1.82) is 0 Å². The van der Waals surface area contributed by atoms with Gasteiger partial charge in [0.05, 0.1) is 0 Å². The van der Waals surface area contributed by atoms with Gasteiger partial charge in [0.25, 0.3) is 0 Å². The fourth-order valence-corrected chi connectivity index (χ4v) is 1.14. The molecule has 3 N–H and O–H groups in total. The van der Waals surface area contributed by atoms with Gasteiger partial charge >= 0.3 is 0 Å². The van der Waals surface area contributed by atoms with Crippen molar-refractivity contribution >= 4 is 0 Å². The van der Waals surface area contributed by atoms with Crippen molar-refractivity contribution in [2.45, 2.75) is 48.0 Å². The van der Waals surface area contributed by atoms with Crippen LogP contribution in [0.15, 0.2) is 24.3 Å². The first-order valence-electron chi connectivity index (χ1n) is 6.85. The molecule has 0 heterocycles. The van der Waals surface area contributed by atoms with Crippen molar-refractivity contribution in [2.24, 2.45) is 5.41 Å². The van der Waals surface area contributed by atoms with Crippen molar-refractivity contribution in [3.05, 3.63) is 29.8 Å². The first kappa shape index (κ1) is 28.3. The molecule has 0 saturated heterocycles. The van der Waals surface area contributed by atoms with E-state index in [-0.39, 0.29) is 45.7 Å². The molecule has 4 heteroatoms. The Balaban J connectivity index is -0.000000108. The molecule has 0 aliphatic carbocycles. The van der Waals surface area contributed by atoms with Gasteiger partial charge in [-0.1, -0.05) is 27.2 Å². The van der Waals surface area contributed by atoms with E-state index < -0.39 is 0 Å². The molecule has 20 heavy (non-hydrogen) atoms. The third kappa shape index (κ3) is 36.1. The third-order valence-electron chi connectivity index (χ3n) is 1.47. The van der Waals surface area contributed by atoms with Crippen LogP contribution in [0.5, 0.6) is 0 Å². The van der Waals surface area contributed by atoms with Gasteiger partial charge in [0.2, 0.25) is 0 Å². The van der Waals surface area contributed by atoms with Gasteiger partial charge in [-0.15, -0.1) is 0 Å². The molecule has 0 atom stereocenters. The van der Waals surface area contributed by atoms with Crippen molar-refractivity contribution in [1.82, 2.24) is 0 Å². The standard InChI is InChI=1S/C10H15.3C2H6O.Hf/c1-10(2,3)8-9-6-4-5-7-9;3*1-2-3;/h4-7H,8H2,1-3H3;3*3H,2H2,1H3;/q-1;;;;. The molecule has 0 unspecified atom stereocenters. The van der Waals surface area contributed by atoms with Gasteiger partial charge < -0.3 is 15.3 Å². The monoisotopic (exact) mass is 453 g/mol. The molecule has 0 radical (unpaired) electrons. The van der Waals surface area contributed by atoms with Crippen molar-refractivity contribution in [2.75, 3.05) is 19.8 Å². The van der Waals surface area contributed by atoms with E-state index >= 15 is 0 Å². The van der Waals surface area contributed by atoms with Crippen LogP contribution in [0.3, 0.4) is 0 Å². The molecule has 0 saturated carbocycles. The second kappa shape index (κ2) is 21.4. The van der Waals surface area contributed by atoms with E-state index in [1.807, 2.05) is 0 Å². The molecule has 0 amide bonds. The Hall–Kier alpha value is 0.100. The van der Waals surface area contributed by atoms with E-state index in [1.54, 1.807) is 20.8 Å². The fraction of sp³-hybridized carbons (Fsp3) is 0.688. The molecule has 0 aliphatic heterocycles. The maximum absolute atomic E-state index is 7.57. The summed E-state index contributed by atoms with van der Waals surface area (Å²) < 4.78 is 0. The normalized spacial score (nSPS) is 8.65. The summed E-state index contributed by atoms with van der Waals surface area (Å²) in [5.74, 6) is 0. The largest absolute Gasteiger partial charge is 0.397 e. The average Bonchev–Trinajstić information content (AvgIpc) is 2.71. The molecule has 0 aliphatic rings. The third-order valence-corrected chi connectivity index (χ3v) is 1.47. The van der Waals surface area contributed by atoms with Crippen LogP contribution in [0.1, 0.15) is 47.1 Å². The Kier molecular flexibility index (Phi) is 30.3. The quantitative estimate of drug-likeness (QED) is 0.454. The molecule has 0 spiro atoms. The molecule has 1 aromatic carbocycles. The van der Waals surface area contributed by atoms with E-state index in [0.717, 1.165) is 0 Å². The van der Waals surface area contributed by atoms with Crippen molar-refractivity contribution < 1.29 is 41.2 Å². The molecular formula is C16H33HfO3-. The van der Waals surface area contributed by atoms with Gasteiger partial charge in [0.1, 0.15) is 0 Å². The molecule has 120 valence electrons. The Labute approximate surface area is 144 Å². The van der Waals surface area contributed by atoms with Gasteiger partial charge in [-0.2, -0.15) is 17.7 Å². The number of aliphatic hydroxyl groups is 3.